The molecule has 0 aromatic heterocycles. The Hall–Kier alpha value is -0.900. The van der Waals surface area contributed by atoms with E-state index in [1.165, 1.54) is 11.1 Å². The van der Waals surface area contributed by atoms with Crippen molar-refractivity contribution in [1.82, 2.24) is 10.2 Å². The van der Waals surface area contributed by atoms with Gasteiger partial charge in [-0.3, -0.25) is 4.90 Å². The lowest BCUT2D eigenvalue weighted by atomic mass is 9.97. The molecule has 1 fully saturated rings. The molecule has 3 nitrogen and oxygen atoms in total. The SMILES string of the molecule is C[C@H]1CNCCN1CC1OCCc2ccccc21. The third-order valence-corrected chi connectivity index (χ3v) is 4.13. The molecule has 1 aromatic carbocycles. The number of hydrogen-bond donors (Lipinski definition) is 1. The van der Waals surface area contributed by atoms with E-state index in [-0.39, 0.29) is 6.10 Å². The quantitative estimate of drug-likeness (QED) is 0.858. The number of fused-ring (bicyclic) bond motifs is 1. The van der Waals surface area contributed by atoms with Crippen LogP contribution in [0.5, 0.6) is 0 Å². The first kappa shape index (κ1) is 12.2. The number of ether oxygens (including phenoxy) is 1. The third kappa shape index (κ3) is 2.44. The van der Waals surface area contributed by atoms with Crippen molar-refractivity contribution in [1.29, 1.82) is 0 Å². The molecule has 3 heteroatoms. The molecule has 0 saturated carbocycles. The maximum absolute atomic E-state index is 5.99. The van der Waals surface area contributed by atoms with Crippen LogP contribution in [-0.4, -0.2) is 43.7 Å². The van der Waals surface area contributed by atoms with Gasteiger partial charge >= 0.3 is 0 Å². The second-order valence-corrected chi connectivity index (χ2v) is 5.36. The predicted octanol–water partition coefficient (Wildman–Crippen LogP) is 1.59. The normalized spacial score (nSPS) is 28.9. The van der Waals surface area contributed by atoms with Crippen molar-refractivity contribution in [2.24, 2.45) is 0 Å². The Bertz CT molecular complexity index is 407. The zero-order chi connectivity index (χ0) is 12.4. The third-order valence-electron chi connectivity index (χ3n) is 4.13. The Labute approximate surface area is 109 Å². The van der Waals surface area contributed by atoms with Crippen molar-refractivity contribution in [2.75, 3.05) is 32.8 Å². The van der Waals surface area contributed by atoms with Gasteiger partial charge in [-0.15, -0.1) is 0 Å². The van der Waals surface area contributed by atoms with E-state index >= 15 is 0 Å². The molecule has 2 aliphatic heterocycles. The Balaban J connectivity index is 1.73. The van der Waals surface area contributed by atoms with E-state index in [1.807, 2.05) is 0 Å². The van der Waals surface area contributed by atoms with Crippen molar-refractivity contribution in [2.45, 2.75) is 25.5 Å². The van der Waals surface area contributed by atoms with E-state index in [9.17, 15) is 0 Å². The van der Waals surface area contributed by atoms with E-state index in [0.717, 1.165) is 39.2 Å². The van der Waals surface area contributed by atoms with E-state index in [4.69, 9.17) is 4.74 Å². The summed E-state index contributed by atoms with van der Waals surface area (Å²) in [6.45, 7) is 7.50. The Morgan fingerprint density at radius 3 is 3.17 bits per heavy atom. The van der Waals surface area contributed by atoms with E-state index < -0.39 is 0 Å². The van der Waals surface area contributed by atoms with Crippen molar-refractivity contribution in [3.05, 3.63) is 35.4 Å². The highest BCUT2D eigenvalue weighted by Crippen LogP contribution is 2.28. The van der Waals surface area contributed by atoms with Crippen molar-refractivity contribution < 1.29 is 4.74 Å². The van der Waals surface area contributed by atoms with Crippen LogP contribution in [0.2, 0.25) is 0 Å². The molecule has 1 aromatic rings. The van der Waals surface area contributed by atoms with Gasteiger partial charge in [0.25, 0.3) is 0 Å². The van der Waals surface area contributed by atoms with E-state index in [1.54, 1.807) is 0 Å². The lowest BCUT2D eigenvalue weighted by Gasteiger charge is -2.37. The monoisotopic (exact) mass is 246 g/mol. The maximum Gasteiger partial charge on any atom is 0.0954 e. The van der Waals surface area contributed by atoms with Crippen molar-refractivity contribution >= 4 is 0 Å². The lowest BCUT2D eigenvalue weighted by Crippen LogP contribution is -2.51. The first-order valence-electron chi connectivity index (χ1n) is 6.99. The zero-order valence-electron chi connectivity index (χ0n) is 11.1. The highest BCUT2D eigenvalue weighted by Gasteiger charge is 2.26. The summed E-state index contributed by atoms with van der Waals surface area (Å²) in [5, 5.41) is 3.44. The van der Waals surface area contributed by atoms with Crippen LogP contribution in [0.3, 0.4) is 0 Å². The van der Waals surface area contributed by atoms with Crippen LogP contribution in [0.15, 0.2) is 24.3 Å². The summed E-state index contributed by atoms with van der Waals surface area (Å²) < 4.78 is 5.99. The fraction of sp³-hybridized carbons (Fsp3) is 0.600. The largest absolute Gasteiger partial charge is 0.372 e. The maximum atomic E-state index is 5.99. The Kier molecular flexibility index (Phi) is 3.64. The average Bonchev–Trinajstić information content (AvgIpc) is 2.42. The number of nitrogens with zero attached hydrogens (tertiary/aromatic N) is 1. The summed E-state index contributed by atoms with van der Waals surface area (Å²) in [6, 6.07) is 9.34. The first-order chi connectivity index (χ1) is 8.84. The highest BCUT2D eigenvalue weighted by molar-refractivity contribution is 5.31. The van der Waals surface area contributed by atoms with Crippen LogP contribution in [0.25, 0.3) is 0 Å². The van der Waals surface area contributed by atoms with Crippen molar-refractivity contribution in [3.63, 3.8) is 0 Å². The van der Waals surface area contributed by atoms with Crippen LogP contribution < -0.4 is 5.32 Å². The van der Waals surface area contributed by atoms with Gasteiger partial charge in [0.1, 0.15) is 0 Å². The summed E-state index contributed by atoms with van der Waals surface area (Å²) in [7, 11) is 0. The Morgan fingerprint density at radius 2 is 2.28 bits per heavy atom. The van der Waals surface area contributed by atoms with Gasteiger partial charge < -0.3 is 10.1 Å². The molecule has 18 heavy (non-hydrogen) atoms. The van der Waals surface area contributed by atoms with Crippen LogP contribution in [0, 0.1) is 0 Å². The minimum atomic E-state index is 0.260. The standard InChI is InChI=1S/C15H22N2O/c1-12-10-16-7-8-17(12)11-15-14-5-3-2-4-13(14)6-9-18-15/h2-5,12,15-16H,6-11H2,1H3/t12-,15?/m0/s1. The zero-order valence-corrected chi connectivity index (χ0v) is 11.1. The molecule has 0 spiro atoms. The number of benzene rings is 1. The fourth-order valence-corrected chi connectivity index (χ4v) is 3.00. The molecule has 2 atom stereocenters. The topological polar surface area (TPSA) is 24.5 Å². The predicted molar refractivity (Wildman–Crippen MR) is 72.7 cm³/mol. The van der Waals surface area contributed by atoms with Gasteiger partial charge in [-0.2, -0.15) is 0 Å². The summed E-state index contributed by atoms with van der Waals surface area (Å²) in [5.74, 6) is 0. The van der Waals surface area contributed by atoms with Crippen molar-refractivity contribution in [3.8, 4) is 0 Å². The second-order valence-electron chi connectivity index (χ2n) is 5.36. The minimum absolute atomic E-state index is 0.260. The van der Waals surface area contributed by atoms with E-state index in [2.05, 4.69) is 41.4 Å². The molecule has 0 aliphatic carbocycles. The number of piperazine rings is 1. The fourth-order valence-electron chi connectivity index (χ4n) is 3.00. The molecule has 2 heterocycles. The summed E-state index contributed by atoms with van der Waals surface area (Å²) >= 11 is 0. The lowest BCUT2D eigenvalue weighted by molar-refractivity contribution is 0.00356. The molecule has 1 N–H and O–H groups in total. The Morgan fingerprint density at radius 1 is 1.39 bits per heavy atom. The van der Waals surface area contributed by atoms with Gasteiger partial charge in [0.2, 0.25) is 0 Å². The number of rotatable bonds is 2. The average molecular weight is 246 g/mol. The number of nitrogens with one attached hydrogen (secondary N) is 1. The van der Waals surface area contributed by atoms with E-state index in [0.29, 0.717) is 6.04 Å². The van der Waals surface area contributed by atoms with Crippen LogP contribution >= 0.6 is 0 Å². The van der Waals surface area contributed by atoms with Crippen LogP contribution in [-0.2, 0) is 11.2 Å². The molecule has 0 radical (unpaired) electrons. The van der Waals surface area contributed by atoms with Gasteiger partial charge in [0.15, 0.2) is 0 Å². The molecule has 2 aliphatic rings. The minimum Gasteiger partial charge on any atom is -0.372 e. The molecule has 1 saturated heterocycles. The van der Waals surface area contributed by atoms with Gasteiger partial charge in [0.05, 0.1) is 12.7 Å². The first-order valence-corrected chi connectivity index (χ1v) is 6.99. The second kappa shape index (κ2) is 5.39. The van der Waals surface area contributed by atoms with Gasteiger partial charge in [0, 0.05) is 32.2 Å². The number of hydrogen-bond acceptors (Lipinski definition) is 3. The van der Waals surface area contributed by atoms with Crippen LogP contribution in [0.1, 0.15) is 24.2 Å². The molecule has 0 amide bonds. The molecule has 98 valence electrons. The van der Waals surface area contributed by atoms with Gasteiger partial charge in [-0.05, 0) is 24.5 Å². The molecule has 0 bridgehead atoms. The van der Waals surface area contributed by atoms with Gasteiger partial charge in [-0.25, -0.2) is 0 Å². The highest BCUT2D eigenvalue weighted by atomic mass is 16.5. The summed E-state index contributed by atoms with van der Waals surface area (Å²) in [5.41, 5.74) is 2.87. The molecule has 1 unspecified atom stereocenters. The molecular formula is C15H22N2O. The molecular weight excluding hydrogens is 224 g/mol. The summed E-state index contributed by atoms with van der Waals surface area (Å²) in [6.07, 6.45) is 1.32. The van der Waals surface area contributed by atoms with Crippen LogP contribution in [0.4, 0.5) is 0 Å². The summed E-state index contributed by atoms with van der Waals surface area (Å²) in [4.78, 5) is 2.54. The smallest absolute Gasteiger partial charge is 0.0954 e. The van der Waals surface area contributed by atoms with Gasteiger partial charge in [-0.1, -0.05) is 24.3 Å². The molecule has 3 rings (SSSR count).